The van der Waals surface area contributed by atoms with Gasteiger partial charge in [-0.15, -0.1) is 4.37 Å². The molecule has 238 valence electrons. The van der Waals surface area contributed by atoms with E-state index in [1.807, 2.05) is 0 Å². The van der Waals surface area contributed by atoms with E-state index in [9.17, 15) is 4.79 Å². The monoisotopic (exact) mass is 705 g/mol. The lowest BCUT2D eigenvalue weighted by Crippen LogP contribution is -3.00. The van der Waals surface area contributed by atoms with Gasteiger partial charge in [0, 0.05) is 24.8 Å². The minimum atomic E-state index is -0.136. The number of rotatable bonds is 24. The third kappa shape index (κ3) is 15.5. The zero-order chi connectivity index (χ0) is 28.9. The van der Waals surface area contributed by atoms with Crippen molar-refractivity contribution in [2.75, 3.05) is 26.7 Å². The minimum Gasteiger partial charge on any atom is -1.00 e. The Morgan fingerprint density at radius 1 is 0.854 bits per heavy atom. The van der Waals surface area contributed by atoms with Gasteiger partial charge in [0.2, 0.25) is 6.23 Å². The first-order valence-corrected chi connectivity index (χ1v) is 17.5. The van der Waals surface area contributed by atoms with Crippen molar-refractivity contribution < 1.29 is 42.7 Å². The Hall–Kier alpha value is -0.740. The van der Waals surface area contributed by atoms with Crippen molar-refractivity contribution in [3.05, 3.63) is 11.8 Å². The zero-order valence-corrected chi connectivity index (χ0v) is 29.7. The topological polar surface area (TPSA) is 61.3 Å². The van der Waals surface area contributed by atoms with Crippen molar-refractivity contribution in [1.29, 1.82) is 0 Å². The van der Waals surface area contributed by atoms with Gasteiger partial charge < -0.3 is 33.5 Å². The number of quaternary nitrogens is 1. The van der Waals surface area contributed by atoms with E-state index in [1.165, 1.54) is 102 Å². The Bertz CT molecular complexity index is 834. The van der Waals surface area contributed by atoms with E-state index >= 15 is 0 Å². The summed E-state index contributed by atoms with van der Waals surface area (Å²) < 4.78 is 21.8. The quantitative estimate of drug-likeness (QED) is 0.0533. The molecule has 8 heteroatoms. The second-order valence-corrected chi connectivity index (χ2v) is 12.6. The summed E-state index contributed by atoms with van der Waals surface area (Å²) in [5.41, 5.74) is 2.04. The van der Waals surface area contributed by atoms with Crippen LogP contribution in [0.4, 0.5) is 0 Å². The number of hydrogen-bond acceptors (Lipinski definition) is 6. The normalized spacial score (nSPS) is 17.5. The molecule has 1 aliphatic heterocycles. The van der Waals surface area contributed by atoms with E-state index < -0.39 is 0 Å². The van der Waals surface area contributed by atoms with Crippen molar-refractivity contribution in [3.63, 3.8) is 0 Å². The van der Waals surface area contributed by atoms with E-state index in [0.717, 1.165) is 56.5 Å². The van der Waals surface area contributed by atoms with Gasteiger partial charge in [-0.05, 0) is 12.8 Å². The average Bonchev–Trinajstić information content (AvgIpc) is 3.42. The lowest BCUT2D eigenvalue weighted by Gasteiger charge is -2.42. The van der Waals surface area contributed by atoms with Crippen molar-refractivity contribution >= 4 is 23.3 Å². The molecule has 0 aliphatic carbocycles. The van der Waals surface area contributed by atoms with Crippen molar-refractivity contribution in [1.82, 2.24) is 8.75 Å². The molecule has 2 rings (SSSR count). The van der Waals surface area contributed by atoms with E-state index in [2.05, 4.69) is 42.6 Å². The molecule has 0 aromatic carbocycles. The van der Waals surface area contributed by atoms with E-state index in [4.69, 9.17) is 9.47 Å². The highest BCUT2D eigenvalue weighted by atomic mass is 127. The zero-order valence-electron chi connectivity index (χ0n) is 26.8. The predicted octanol–water partition coefficient (Wildman–Crippen LogP) is 6.50. The molecule has 0 N–H and O–H groups in total. The number of ether oxygens (including phenoxy) is 2. The van der Waals surface area contributed by atoms with Crippen LogP contribution in [0.1, 0.15) is 155 Å². The van der Waals surface area contributed by atoms with Gasteiger partial charge in [-0.1, -0.05) is 123 Å². The van der Waals surface area contributed by atoms with Crippen molar-refractivity contribution in [2.45, 2.75) is 155 Å². The number of aromatic nitrogens is 2. The molecular formula is C33H60IN3O3S. The molecule has 0 spiro atoms. The van der Waals surface area contributed by atoms with Gasteiger partial charge in [0.1, 0.15) is 12.2 Å². The number of carbonyl (C=O) groups excluding carboxylic acids is 1. The molecule has 6 nitrogen and oxygen atoms in total. The van der Waals surface area contributed by atoms with Crippen LogP contribution in [0.2, 0.25) is 0 Å². The molecule has 2 heterocycles. The molecule has 2 atom stereocenters. The Balaban J connectivity index is 0.00000840. The summed E-state index contributed by atoms with van der Waals surface area (Å²) in [6.07, 6.45) is 26.1. The van der Waals surface area contributed by atoms with Crippen LogP contribution in [0.3, 0.4) is 0 Å². The first-order valence-electron chi connectivity index (χ1n) is 16.7. The van der Waals surface area contributed by atoms with Crippen LogP contribution >= 0.6 is 11.7 Å². The number of esters is 1. The van der Waals surface area contributed by atoms with E-state index in [0.29, 0.717) is 23.4 Å². The summed E-state index contributed by atoms with van der Waals surface area (Å²) >= 11 is 1.22. The van der Waals surface area contributed by atoms with Crippen LogP contribution in [-0.2, 0) is 9.53 Å². The molecule has 0 saturated carbocycles. The van der Waals surface area contributed by atoms with Gasteiger partial charge in [-0.2, -0.15) is 4.37 Å². The first kappa shape index (κ1) is 38.3. The third-order valence-electron chi connectivity index (χ3n) is 8.36. The summed E-state index contributed by atoms with van der Waals surface area (Å²) in [7, 11) is 2.21. The number of unbranched alkanes of at least 4 members (excludes halogenated alkanes) is 15. The SMILES string of the molecule is CCCCCCCCCCCCCCCC(=O)OC(CC)[N+]1(C)CCC=C(c2nsnc2OCCCCCC)C1.[I-]. The van der Waals surface area contributed by atoms with Crippen molar-refractivity contribution in [2.24, 2.45) is 0 Å². The van der Waals surface area contributed by atoms with Gasteiger partial charge in [-0.3, -0.25) is 9.28 Å². The van der Waals surface area contributed by atoms with Crippen molar-refractivity contribution in [3.8, 4) is 5.88 Å². The number of halogens is 1. The molecule has 0 saturated heterocycles. The maximum Gasteiger partial charge on any atom is 0.310 e. The second kappa shape index (κ2) is 23.7. The summed E-state index contributed by atoms with van der Waals surface area (Å²) in [6, 6.07) is 0. The average molecular weight is 706 g/mol. The molecule has 0 amide bonds. The number of hydrogen-bond donors (Lipinski definition) is 0. The predicted molar refractivity (Wildman–Crippen MR) is 169 cm³/mol. The molecule has 1 aliphatic rings. The molecule has 41 heavy (non-hydrogen) atoms. The number of likely N-dealkylation sites (N-methyl/N-ethyl adjacent to an activating group) is 1. The summed E-state index contributed by atoms with van der Waals surface area (Å²) in [6.45, 7) is 9.04. The van der Waals surface area contributed by atoms with Crippen LogP contribution in [0.15, 0.2) is 6.08 Å². The first-order chi connectivity index (χ1) is 19.5. The second-order valence-electron chi connectivity index (χ2n) is 12.1. The van der Waals surface area contributed by atoms with Crippen LogP contribution in [0.25, 0.3) is 5.57 Å². The fourth-order valence-corrected chi connectivity index (χ4v) is 6.33. The Morgan fingerprint density at radius 2 is 1.41 bits per heavy atom. The van der Waals surface area contributed by atoms with E-state index in [-0.39, 0.29) is 36.2 Å². The maximum absolute atomic E-state index is 12.8. The highest BCUT2D eigenvalue weighted by Gasteiger charge is 2.38. The van der Waals surface area contributed by atoms with Crippen LogP contribution in [0, 0.1) is 0 Å². The Kier molecular flexibility index (Phi) is 22.1. The van der Waals surface area contributed by atoms with Gasteiger partial charge >= 0.3 is 5.97 Å². The smallest absolute Gasteiger partial charge is 0.310 e. The van der Waals surface area contributed by atoms with Gasteiger partial charge in [0.05, 0.1) is 31.9 Å². The lowest BCUT2D eigenvalue weighted by molar-refractivity contribution is -0.947. The van der Waals surface area contributed by atoms with E-state index in [1.54, 1.807) is 0 Å². The van der Waals surface area contributed by atoms with Crippen LogP contribution in [-0.4, -0.2) is 52.2 Å². The number of carbonyl (C=O) groups is 1. The third-order valence-corrected chi connectivity index (χ3v) is 8.87. The van der Waals surface area contributed by atoms with Crippen LogP contribution in [0.5, 0.6) is 5.88 Å². The summed E-state index contributed by atoms with van der Waals surface area (Å²) in [5, 5.41) is 0. The summed E-state index contributed by atoms with van der Waals surface area (Å²) in [5.74, 6) is 0.616. The molecular weight excluding hydrogens is 645 g/mol. The summed E-state index contributed by atoms with van der Waals surface area (Å²) in [4.78, 5) is 12.8. The number of nitrogens with zero attached hydrogens (tertiary/aromatic N) is 3. The highest BCUT2D eigenvalue weighted by Crippen LogP contribution is 2.32. The standard InChI is InChI=1S/C33H60N3O3S.HI/c1-5-8-10-12-13-14-15-16-17-18-19-20-21-25-31(37)39-30(7-3)36(4)26-23-24-29(28-36)32-33(35-40-34-32)38-27-22-11-9-6-2;/h24,30H,5-23,25-28H2,1-4H3;1H/q+1;/p-1. The van der Waals surface area contributed by atoms with Gasteiger partial charge in [-0.25, -0.2) is 0 Å². The van der Waals surface area contributed by atoms with Gasteiger partial charge in [0.25, 0.3) is 5.88 Å². The Morgan fingerprint density at radius 3 is 2.00 bits per heavy atom. The largest absolute Gasteiger partial charge is 1.00 e. The molecule has 1 aromatic heterocycles. The molecule has 0 fully saturated rings. The molecule has 0 bridgehead atoms. The Labute approximate surface area is 273 Å². The fourth-order valence-electron chi connectivity index (χ4n) is 5.80. The molecule has 1 aromatic rings. The molecule has 0 radical (unpaired) electrons. The fraction of sp³-hybridized carbons (Fsp3) is 0.848. The van der Waals surface area contributed by atoms with Crippen LogP contribution < -0.4 is 28.7 Å². The lowest BCUT2D eigenvalue weighted by atomic mass is 10.0. The minimum absolute atomic E-state index is 0. The molecule has 2 unspecified atom stereocenters. The maximum atomic E-state index is 12.8. The van der Waals surface area contributed by atoms with Gasteiger partial charge in [0.15, 0.2) is 0 Å². The highest BCUT2D eigenvalue weighted by molar-refractivity contribution is 6.99.